The molecule has 6 heteroatoms. The van der Waals surface area contributed by atoms with Crippen molar-refractivity contribution < 1.29 is 4.92 Å². The highest BCUT2D eigenvalue weighted by atomic mass is 16.6. The summed E-state index contributed by atoms with van der Waals surface area (Å²) in [6.07, 6.45) is 3.88. The molecule has 1 atom stereocenters. The van der Waals surface area contributed by atoms with E-state index in [2.05, 4.69) is 10.3 Å². The van der Waals surface area contributed by atoms with Gasteiger partial charge >= 0.3 is 5.82 Å². The maximum atomic E-state index is 10.4. The lowest BCUT2D eigenvalue weighted by Gasteiger charge is -2.11. The molecule has 2 rings (SSSR count). The summed E-state index contributed by atoms with van der Waals surface area (Å²) >= 11 is 0. The molecule has 1 heterocycles. The van der Waals surface area contributed by atoms with Crippen LogP contribution in [0.25, 0.3) is 0 Å². The molecule has 0 spiro atoms. The van der Waals surface area contributed by atoms with E-state index in [0.717, 1.165) is 5.69 Å². The largest absolute Gasteiger partial charge is 0.380 e. The zero-order valence-corrected chi connectivity index (χ0v) is 8.80. The molecule has 1 aromatic rings. The van der Waals surface area contributed by atoms with Gasteiger partial charge in [-0.2, -0.15) is 0 Å². The SMILES string of the molecule is NC(CNc1ccc([N+](=O)[O-])nc1)C1CC1. The standard InChI is InChI=1S/C10H14N4O2/c11-9(7-1-2-7)6-12-8-3-4-10(13-5-8)14(15)16/h3-5,7,9,12H,1-2,6,11H2. The van der Waals surface area contributed by atoms with Gasteiger partial charge in [-0.15, -0.1) is 0 Å². The Morgan fingerprint density at radius 3 is 2.88 bits per heavy atom. The third-order valence-electron chi connectivity index (χ3n) is 2.70. The Balaban J connectivity index is 1.86. The van der Waals surface area contributed by atoms with Crippen LogP contribution in [-0.4, -0.2) is 22.5 Å². The zero-order chi connectivity index (χ0) is 11.5. The van der Waals surface area contributed by atoms with Crippen LogP contribution >= 0.6 is 0 Å². The van der Waals surface area contributed by atoms with Crippen LogP contribution in [-0.2, 0) is 0 Å². The highest BCUT2D eigenvalue weighted by molar-refractivity contribution is 5.43. The van der Waals surface area contributed by atoms with Gasteiger partial charge in [0.15, 0.2) is 6.20 Å². The van der Waals surface area contributed by atoms with Gasteiger partial charge in [0.1, 0.15) is 0 Å². The minimum absolute atomic E-state index is 0.142. The van der Waals surface area contributed by atoms with Crippen molar-refractivity contribution in [1.82, 2.24) is 4.98 Å². The average Bonchev–Trinajstić information content (AvgIpc) is 3.10. The first-order chi connectivity index (χ1) is 7.66. The Hall–Kier alpha value is -1.69. The van der Waals surface area contributed by atoms with E-state index in [4.69, 9.17) is 5.73 Å². The second-order valence-electron chi connectivity index (χ2n) is 4.04. The van der Waals surface area contributed by atoms with Crippen LogP contribution < -0.4 is 11.1 Å². The van der Waals surface area contributed by atoms with Crippen molar-refractivity contribution >= 4 is 11.5 Å². The van der Waals surface area contributed by atoms with E-state index in [1.54, 1.807) is 6.07 Å². The van der Waals surface area contributed by atoms with Gasteiger partial charge in [0.05, 0.1) is 5.69 Å². The van der Waals surface area contributed by atoms with Crippen molar-refractivity contribution in [3.05, 3.63) is 28.4 Å². The van der Waals surface area contributed by atoms with Crippen molar-refractivity contribution in [3.8, 4) is 0 Å². The number of hydrogen-bond donors (Lipinski definition) is 2. The van der Waals surface area contributed by atoms with Gasteiger partial charge in [0.2, 0.25) is 0 Å². The normalized spacial score (nSPS) is 16.8. The summed E-state index contributed by atoms with van der Waals surface area (Å²) in [4.78, 5) is 13.6. The molecule has 1 saturated carbocycles. The third-order valence-corrected chi connectivity index (χ3v) is 2.70. The van der Waals surface area contributed by atoms with Crippen LogP contribution in [0.15, 0.2) is 18.3 Å². The fourth-order valence-electron chi connectivity index (χ4n) is 1.53. The highest BCUT2D eigenvalue weighted by Gasteiger charge is 2.28. The van der Waals surface area contributed by atoms with Crippen LogP contribution in [0.5, 0.6) is 0 Å². The molecule has 1 unspecified atom stereocenters. The molecule has 1 aliphatic carbocycles. The molecule has 86 valence electrons. The second-order valence-corrected chi connectivity index (χ2v) is 4.04. The van der Waals surface area contributed by atoms with Crippen molar-refractivity contribution in [1.29, 1.82) is 0 Å². The fraction of sp³-hybridized carbons (Fsp3) is 0.500. The Bertz CT molecular complexity index is 375. The molecule has 1 fully saturated rings. The lowest BCUT2D eigenvalue weighted by atomic mass is 10.2. The molecule has 0 aliphatic heterocycles. The summed E-state index contributed by atoms with van der Waals surface area (Å²) in [6, 6.07) is 3.19. The second kappa shape index (κ2) is 4.44. The van der Waals surface area contributed by atoms with Crippen molar-refractivity contribution in [2.45, 2.75) is 18.9 Å². The summed E-state index contributed by atoms with van der Waals surface area (Å²) in [6.45, 7) is 0.685. The van der Waals surface area contributed by atoms with E-state index < -0.39 is 4.92 Å². The van der Waals surface area contributed by atoms with Gasteiger partial charge in [-0.3, -0.25) is 0 Å². The van der Waals surface area contributed by atoms with E-state index >= 15 is 0 Å². The average molecular weight is 222 g/mol. The predicted octanol–water partition coefficient (Wildman–Crippen LogP) is 1.14. The third kappa shape index (κ3) is 2.66. The Morgan fingerprint density at radius 1 is 1.62 bits per heavy atom. The summed E-state index contributed by atoms with van der Waals surface area (Å²) in [5.74, 6) is 0.496. The zero-order valence-electron chi connectivity index (χ0n) is 8.80. The molecule has 6 nitrogen and oxygen atoms in total. The number of aromatic nitrogens is 1. The van der Waals surface area contributed by atoms with Gasteiger partial charge < -0.3 is 21.2 Å². The van der Waals surface area contributed by atoms with E-state index in [1.807, 2.05) is 0 Å². The van der Waals surface area contributed by atoms with Gasteiger partial charge in [0.25, 0.3) is 0 Å². The van der Waals surface area contributed by atoms with Gasteiger partial charge in [0, 0.05) is 18.7 Å². The quantitative estimate of drug-likeness (QED) is 0.575. The molecule has 0 amide bonds. The minimum atomic E-state index is -0.514. The number of rotatable bonds is 5. The molecule has 0 aromatic carbocycles. The fourth-order valence-corrected chi connectivity index (χ4v) is 1.53. The van der Waals surface area contributed by atoms with E-state index in [-0.39, 0.29) is 11.9 Å². The molecule has 0 bridgehead atoms. The van der Waals surface area contributed by atoms with E-state index in [0.29, 0.717) is 12.5 Å². The number of nitrogens with two attached hydrogens (primary N) is 1. The van der Waals surface area contributed by atoms with Crippen LogP contribution in [0.2, 0.25) is 0 Å². The van der Waals surface area contributed by atoms with Crippen molar-refractivity contribution in [2.75, 3.05) is 11.9 Å². The number of nitrogens with zero attached hydrogens (tertiary/aromatic N) is 2. The molecular formula is C10H14N4O2. The van der Waals surface area contributed by atoms with E-state index in [1.165, 1.54) is 25.1 Å². The Kier molecular flexibility index (Phi) is 3.00. The molecule has 0 radical (unpaired) electrons. The van der Waals surface area contributed by atoms with Crippen molar-refractivity contribution in [3.63, 3.8) is 0 Å². The highest BCUT2D eigenvalue weighted by Crippen LogP contribution is 2.31. The smallest absolute Gasteiger partial charge is 0.363 e. The number of nitro groups is 1. The van der Waals surface area contributed by atoms with Gasteiger partial charge in [-0.05, 0) is 34.7 Å². The molecule has 1 aromatic heterocycles. The van der Waals surface area contributed by atoms with Crippen LogP contribution in [0.3, 0.4) is 0 Å². The Labute approximate surface area is 93.0 Å². The lowest BCUT2D eigenvalue weighted by molar-refractivity contribution is -0.389. The molecule has 3 N–H and O–H groups in total. The van der Waals surface area contributed by atoms with Crippen LogP contribution in [0, 0.1) is 16.0 Å². The Morgan fingerprint density at radius 2 is 2.38 bits per heavy atom. The first-order valence-electron chi connectivity index (χ1n) is 5.26. The minimum Gasteiger partial charge on any atom is -0.380 e. The topological polar surface area (TPSA) is 94.1 Å². The van der Waals surface area contributed by atoms with E-state index in [9.17, 15) is 10.1 Å². The summed E-state index contributed by atoms with van der Waals surface area (Å²) in [5, 5.41) is 13.5. The first-order valence-corrected chi connectivity index (χ1v) is 5.26. The summed E-state index contributed by atoms with van der Waals surface area (Å²) < 4.78 is 0. The lowest BCUT2D eigenvalue weighted by Crippen LogP contribution is -2.31. The summed E-state index contributed by atoms with van der Waals surface area (Å²) in [5.41, 5.74) is 6.68. The van der Waals surface area contributed by atoms with Crippen molar-refractivity contribution in [2.24, 2.45) is 11.7 Å². The molecule has 0 saturated heterocycles. The van der Waals surface area contributed by atoms with Crippen LogP contribution in [0.1, 0.15) is 12.8 Å². The van der Waals surface area contributed by atoms with Crippen LogP contribution in [0.4, 0.5) is 11.5 Å². The number of anilines is 1. The molecular weight excluding hydrogens is 208 g/mol. The molecule has 16 heavy (non-hydrogen) atoms. The number of pyridine rings is 1. The predicted molar refractivity (Wildman–Crippen MR) is 60.1 cm³/mol. The monoisotopic (exact) mass is 222 g/mol. The number of hydrogen-bond acceptors (Lipinski definition) is 5. The van der Waals surface area contributed by atoms with Gasteiger partial charge in [-0.25, -0.2) is 0 Å². The van der Waals surface area contributed by atoms with Gasteiger partial charge in [-0.1, -0.05) is 0 Å². The maximum Gasteiger partial charge on any atom is 0.363 e. The maximum absolute atomic E-state index is 10.4. The molecule has 1 aliphatic rings. The number of nitrogens with one attached hydrogen (secondary N) is 1. The summed E-state index contributed by atoms with van der Waals surface area (Å²) in [7, 11) is 0. The first kappa shape index (κ1) is 10.8.